The molecule has 0 radical (unpaired) electrons. The van der Waals surface area contributed by atoms with Gasteiger partial charge in [0.15, 0.2) is 5.75 Å². The zero-order valence-electron chi connectivity index (χ0n) is 16.2. The van der Waals surface area contributed by atoms with Crippen LogP contribution in [0.3, 0.4) is 0 Å². The van der Waals surface area contributed by atoms with Gasteiger partial charge in [0, 0.05) is 18.2 Å². The maximum absolute atomic E-state index is 12.3. The molecule has 158 valence electrons. The molecule has 0 amide bonds. The number of carbonyl (C=O) groups is 1. The van der Waals surface area contributed by atoms with Crippen LogP contribution in [0.1, 0.15) is 15.9 Å². The van der Waals surface area contributed by atoms with Crippen molar-refractivity contribution in [2.24, 2.45) is 0 Å². The Balaban J connectivity index is 1.66. The molecule has 0 aliphatic carbocycles. The molecular weight excluding hydrogens is 408 g/mol. The van der Waals surface area contributed by atoms with E-state index in [-0.39, 0.29) is 29.3 Å². The molecule has 0 spiro atoms. The Morgan fingerprint density at radius 1 is 0.903 bits per heavy atom. The first-order valence-corrected chi connectivity index (χ1v) is 8.88. The Kier molecular flexibility index (Phi) is 6.41. The second kappa shape index (κ2) is 9.35. The number of nitrogens with zero attached hydrogens (tertiary/aromatic N) is 2. The lowest BCUT2D eigenvalue weighted by atomic mass is 10.2. The zero-order valence-corrected chi connectivity index (χ0v) is 16.2. The van der Waals surface area contributed by atoms with Crippen LogP contribution in [0.15, 0.2) is 66.7 Å². The third-order valence-corrected chi connectivity index (χ3v) is 4.16. The molecule has 31 heavy (non-hydrogen) atoms. The maximum atomic E-state index is 12.3. The van der Waals surface area contributed by atoms with Gasteiger partial charge in [0.1, 0.15) is 18.1 Å². The van der Waals surface area contributed by atoms with Crippen molar-refractivity contribution >= 4 is 17.3 Å². The molecule has 0 aromatic heterocycles. The van der Waals surface area contributed by atoms with Crippen LogP contribution in [0.5, 0.6) is 17.2 Å². The van der Waals surface area contributed by atoms with Gasteiger partial charge >= 0.3 is 11.7 Å². The molecule has 0 heterocycles. The Bertz CT molecular complexity index is 1130. The third-order valence-electron chi connectivity index (χ3n) is 4.16. The lowest BCUT2D eigenvalue weighted by Crippen LogP contribution is -2.06. The molecule has 3 rings (SSSR count). The summed E-state index contributed by atoms with van der Waals surface area (Å²) >= 11 is 0. The summed E-state index contributed by atoms with van der Waals surface area (Å²) in [6.07, 6.45) is 0. The minimum Gasteiger partial charge on any atom is -0.490 e. The van der Waals surface area contributed by atoms with Gasteiger partial charge in [-0.15, -0.1) is 0 Å². The number of non-ortho nitro benzene ring substituents is 1. The molecule has 0 N–H and O–H groups in total. The first kappa shape index (κ1) is 21.2. The lowest BCUT2D eigenvalue weighted by molar-refractivity contribution is -0.385. The number of hydrogen-bond acceptors (Lipinski definition) is 8. The van der Waals surface area contributed by atoms with Crippen LogP contribution in [0.25, 0.3) is 0 Å². The number of nitro benzene ring substituents is 2. The van der Waals surface area contributed by atoms with Gasteiger partial charge in [0.2, 0.25) is 0 Å². The van der Waals surface area contributed by atoms with Gasteiger partial charge in [-0.1, -0.05) is 12.1 Å². The smallest absolute Gasteiger partial charge is 0.338 e. The topological polar surface area (TPSA) is 131 Å². The number of carbonyl (C=O) groups excluding carboxylic acids is 1. The van der Waals surface area contributed by atoms with Crippen molar-refractivity contribution in [3.8, 4) is 17.2 Å². The van der Waals surface area contributed by atoms with Gasteiger partial charge in [-0.3, -0.25) is 20.2 Å². The molecular formula is C21H16N2O8. The Morgan fingerprint density at radius 2 is 1.65 bits per heavy atom. The van der Waals surface area contributed by atoms with Gasteiger partial charge in [-0.2, -0.15) is 0 Å². The van der Waals surface area contributed by atoms with E-state index >= 15 is 0 Å². The van der Waals surface area contributed by atoms with Gasteiger partial charge in [-0.05, 0) is 42.0 Å². The summed E-state index contributed by atoms with van der Waals surface area (Å²) in [7, 11) is 1.30. The summed E-state index contributed by atoms with van der Waals surface area (Å²) in [6.45, 7) is -0.0872. The number of esters is 1. The average molecular weight is 424 g/mol. The fourth-order valence-electron chi connectivity index (χ4n) is 2.66. The molecule has 0 fully saturated rings. The van der Waals surface area contributed by atoms with Gasteiger partial charge in [0.05, 0.1) is 22.5 Å². The normalized spacial score (nSPS) is 10.2. The van der Waals surface area contributed by atoms with E-state index in [1.807, 2.05) is 0 Å². The van der Waals surface area contributed by atoms with Crippen molar-refractivity contribution < 1.29 is 28.9 Å². The third kappa shape index (κ3) is 5.32. The van der Waals surface area contributed by atoms with Gasteiger partial charge in [-0.25, -0.2) is 4.79 Å². The lowest BCUT2D eigenvalue weighted by Gasteiger charge is -2.09. The van der Waals surface area contributed by atoms with E-state index < -0.39 is 15.8 Å². The molecule has 3 aromatic rings. The number of ether oxygens (including phenoxy) is 3. The van der Waals surface area contributed by atoms with E-state index in [1.165, 1.54) is 43.5 Å². The second-order valence-corrected chi connectivity index (χ2v) is 6.22. The molecule has 0 aliphatic heterocycles. The molecule has 10 heteroatoms. The highest BCUT2D eigenvalue weighted by Gasteiger charge is 2.19. The standard InChI is InChI=1S/C21H16N2O8/c1-29-20-10-5-15(12-19(20)23(27)28)21(24)30-13-14-3-2-4-18(11-14)31-17-8-6-16(7-9-17)22(25)26/h2-12H,13H2,1H3. The minimum absolute atomic E-state index is 0.0192. The van der Waals surface area contributed by atoms with E-state index in [0.29, 0.717) is 17.1 Å². The average Bonchev–Trinajstić information content (AvgIpc) is 2.77. The highest BCUT2D eigenvalue weighted by molar-refractivity contribution is 5.90. The van der Waals surface area contributed by atoms with Crippen molar-refractivity contribution in [3.63, 3.8) is 0 Å². The van der Waals surface area contributed by atoms with Crippen molar-refractivity contribution in [2.45, 2.75) is 6.61 Å². The zero-order chi connectivity index (χ0) is 22.4. The summed E-state index contributed by atoms with van der Waals surface area (Å²) < 4.78 is 15.8. The number of benzene rings is 3. The second-order valence-electron chi connectivity index (χ2n) is 6.22. The predicted octanol–water partition coefficient (Wildman–Crippen LogP) is 4.66. The first-order chi connectivity index (χ1) is 14.9. The van der Waals surface area contributed by atoms with Crippen LogP contribution < -0.4 is 9.47 Å². The van der Waals surface area contributed by atoms with Crippen LogP contribution in [0.4, 0.5) is 11.4 Å². The van der Waals surface area contributed by atoms with Gasteiger partial charge < -0.3 is 14.2 Å². The summed E-state index contributed by atoms with van der Waals surface area (Å²) in [6, 6.07) is 16.1. The Hall–Kier alpha value is -4.47. The summed E-state index contributed by atoms with van der Waals surface area (Å²) in [4.78, 5) is 32.9. The van der Waals surface area contributed by atoms with Crippen LogP contribution in [0.2, 0.25) is 0 Å². The van der Waals surface area contributed by atoms with E-state index in [2.05, 4.69) is 0 Å². The number of methoxy groups -OCH3 is 1. The Morgan fingerprint density at radius 3 is 2.29 bits per heavy atom. The monoisotopic (exact) mass is 424 g/mol. The fraction of sp³-hybridized carbons (Fsp3) is 0.0952. The molecule has 0 aliphatic rings. The van der Waals surface area contributed by atoms with E-state index in [1.54, 1.807) is 24.3 Å². The van der Waals surface area contributed by atoms with Crippen LogP contribution in [0, 0.1) is 20.2 Å². The molecule has 0 saturated heterocycles. The van der Waals surface area contributed by atoms with Crippen LogP contribution in [-0.4, -0.2) is 22.9 Å². The summed E-state index contributed by atoms with van der Waals surface area (Å²) in [5.41, 5.74) is 0.254. The maximum Gasteiger partial charge on any atom is 0.338 e. The largest absolute Gasteiger partial charge is 0.490 e. The van der Waals surface area contributed by atoms with E-state index in [0.717, 1.165) is 6.07 Å². The molecule has 0 unspecified atom stereocenters. The highest BCUT2D eigenvalue weighted by Crippen LogP contribution is 2.28. The van der Waals surface area contributed by atoms with Crippen molar-refractivity contribution in [1.82, 2.24) is 0 Å². The molecule has 3 aromatic carbocycles. The first-order valence-electron chi connectivity index (χ1n) is 8.88. The number of rotatable bonds is 8. The quantitative estimate of drug-likeness (QED) is 0.290. The van der Waals surface area contributed by atoms with Crippen LogP contribution in [-0.2, 0) is 11.3 Å². The molecule has 0 bridgehead atoms. The van der Waals surface area contributed by atoms with Crippen molar-refractivity contribution in [1.29, 1.82) is 0 Å². The van der Waals surface area contributed by atoms with Crippen LogP contribution >= 0.6 is 0 Å². The summed E-state index contributed by atoms with van der Waals surface area (Å²) in [5.74, 6) is 0.165. The van der Waals surface area contributed by atoms with Crippen molar-refractivity contribution in [2.75, 3.05) is 7.11 Å². The fourth-order valence-corrected chi connectivity index (χ4v) is 2.66. The molecule has 0 saturated carbocycles. The minimum atomic E-state index is -0.729. The van der Waals surface area contributed by atoms with Gasteiger partial charge in [0.25, 0.3) is 5.69 Å². The van der Waals surface area contributed by atoms with E-state index in [9.17, 15) is 25.0 Å². The number of nitro groups is 2. The number of hydrogen-bond donors (Lipinski definition) is 0. The SMILES string of the molecule is COc1ccc(C(=O)OCc2cccc(Oc3ccc([N+](=O)[O-])cc3)c2)cc1[N+](=O)[O-]. The molecule has 0 atom stereocenters. The predicted molar refractivity (Wildman–Crippen MR) is 108 cm³/mol. The highest BCUT2D eigenvalue weighted by atomic mass is 16.6. The van der Waals surface area contributed by atoms with Crippen molar-refractivity contribution in [3.05, 3.63) is 98.1 Å². The Labute approximate surface area is 175 Å². The molecule has 10 nitrogen and oxygen atoms in total. The van der Waals surface area contributed by atoms with E-state index in [4.69, 9.17) is 14.2 Å². The summed E-state index contributed by atoms with van der Waals surface area (Å²) in [5, 5.41) is 21.8.